The summed E-state index contributed by atoms with van der Waals surface area (Å²) in [4.78, 5) is 21.0. The number of anilines is 1. The monoisotopic (exact) mass is 306 g/mol. The predicted molar refractivity (Wildman–Crippen MR) is 89.1 cm³/mol. The van der Waals surface area contributed by atoms with Crippen molar-refractivity contribution >= 4 is 17.4 Å². The van der Waals surface area contributed by atoms with Crippen LogP contribution < -0.4 is 5.32 Å². The number of carbonyl (C=O) groups is 1. The lowest BCUT2D eigenvalue weighted by Crippen LogP contribution is -2.28. The highest BCUT2D eigenvalue weighted by atomic mass is 16.1. The van der Waals surface area contributed by atoms with Gasteiger partial charge in [-0.1, -0.05) is 18.6 Å². The Morgan fingerprint density at radius 2 is 2.22 bits per heavy atom. The topological polar surface area (TPSA) is 59.3 Å². The van der Waals surface area contributed by atoms with E-state index in [4.69, 9.17) is 0 Å². The standard InChI is InChI=1S/C18H18N4O/c1-12-6-7-14(10-15(12)20-17(23)13-4-2-5-13)16-11-22-9-3-8-19-18(22)21-16/h3,6-11,13H,2,4-5H2,1H3,(H,20,23). The molecule has 0 saturated heterocycles. The molecule has 0 spiro atoms. The van der Waals surface area contributed by atoms with E-state index in [2.05, 4.69) is 15.3 Å². The van der Waals surface area contributed by atoms with Crippen molar-refractivity contribution in [1.82, 2.24) is 14.4 Å². The zero-order chi connectivity index (χ0) is 15.8. The molecular weight excluding hydrogens is 288 g/mol. The van der Waals surface area contributed by atoms with E-state index >= 15 is 0 Å². The zero-order valence-corrected chi connectivity index (χ0v) is 13.0. The Bertz CT molecular complexity index is 847. The number of aryl methyl sites for hydroxylation is 1. The average Bonchev–Trinajstić information content (AvgIpc) is 2.91. The van der Waals surface area contributed by atoms with Crippen LogP contribution in [-0.4, -0.2) is 20.3 Å². The van der Waals surface area contributed by atoms with Gasteiger partial charge < -0.3 is 5.32 Å². The van der Waals surface area contributed by atoms with Crippen LogP contribution in [0.1, 0.15) is 24.8 Å². The van der Waals surface area contributed by atoms with Crippen molar-refractivity contribution in [2.75, 3.05) is 5.32 Å². The highest BCUT2D eigenvalue weighted by Gasteiger charge is 2.25. The lowest BCUT2D eigenvalue weighted by molar-refractivity contribution is -0.122. The lowest BCUT2D eigenvalue weighted by atomic mass is 9.84. The van der Waals surface area contributed by atoms with Gasteiger partial charge >= 0.3 is 0 Å². The van der Waals surface area contributed by atoms with E-state index in [9.17, 15) is 4.79 Å². The van der Waals surface area contributed by atoms with Gasteiger partial charge in [-0.3, -0.25) is 9.20 Å². The van der Waals surface area contributed by atoms with E-state index in [1.54, 1.807) is 6.20 Å². The van der Waals surface area contributed by atoms with E-state index in [1.807, 2.05) is 48.0 Å². The Morgan fingerprint density at radius 1 is 1.35 bits per heavy atom. The van der Waals surface area contributed by atoms with Crippen molar-refractivity contribution in [3.63, 3.8) is 0 Å². The van der Waals surface area contributed by atoms with E-state index in [-0.39, 0.29) is 11.8 Å². The minimum absolute atomic E-state index is 0.133. The molecular formula is C18H18N4O. The van der Waals surface area contributed by atoms with Crippen LogP contribution in [0, 0.1) is 12.8 Å². The first-order valence-corrected chi connectivity index (χ1v) is 7.92. The van der Waals surface area contributed by atoms with Crippen LogP contribution in [0.25, 0.3) is 17.0 Å². The fourth-order valence-electron chi connectivity index (χ4n) is 2.79. The largest absolute Gasteiger partial charge is 0.326 e. The molecule has 1 fully saturated rings. The molecule has 0 bridgehead atoms. The summed E-state index contributed by atoms with van der Waals surface area (Å²) >= 11 is 0. The van der Waals surface area contributed by atoms with Gasteiger partial charge in [-0.15, -0.1) is 0 Å². The van der Waals surface area contributed by atoms with Crippen LogP contribution in [0.5, 0.6) is 0 Å². The van der Waals surface area contributed by atoms with Crippen LogP contribution in [-0.2, 0) is 4.79 Å². The van der Waals surface area contributed by atoms with Gasteiger partial charge in [0, 0.05) is 35.8 Å². The van der Waals surface area contributed by atoms with Gasteiger partial charge in [0.2, 0.25) is 11.7 Å². The Labute approximate surface area is 134 Å². The maximum absolute atomic E-state index is 12.2. The normalized spacial score (nSPS) is 14.7. The number of aromatic nitrogens is 3. The first kappa shape index (κ1) is 13.9. The minimum atomic E-state index is 0.133. The third-order valence-corrected chi connectivity index (χ3v) is 4.50. The van der Waals surface area contributed by atoms with Crippen LogP contribution in [0.15, 0.2) is 42.9 Å². The number of nitrogens with one attached hydrogen (secondary N) is 1. The second kappa shape index (κ2) is 5.50. The van der Waals surface area contributed by atoms with E-state index in [1.165, 1.54) is 0 Å². The second-order valence-corrected chi connectivity index (χ2v) is 6.10. The fourth-order valence-corrected chi connectivity index (χ4v) is 2.79. The molecule has 1 saturated carbocycles. The van der Waals surface area contributed by atoms with Crippen molar-refractivity contribution in [1.29, 1.82) is 0 Å². The van der Waals surface area contributed by atoms with Gasteiger partial charge in [0.15, 0.2) is 0 Å². The first-order valence-electron chi connectivity index (χ1n) is 7.92. The Morgan fingerprint density at radius 3 is 2.96 bits per heavy atom. The minimum Gasteiger partial charge on any atom is -0.326 e. The van der Waals surface area contributed by atoms with Crippen LogP contribution in [0.4, 0.5) is 5.69 Å². The number of benzene rings is 1. The van der Waals surface area contributed by atoms with Crippen molar-refractivity contribution in [3.05, 3.63) is 48.4 Å². The van der Waals surface area contributed by atoms with E-state index in [0.29, 0.717) is 5.78 Å². The highest BCUT2D eigenvalue weighted by Crippen LogP contribution is 2.29. The number of hydrogen-bond acceptors (Lipinski definition) is 3. The SMILES string of the molecule is Cc1ccc(-c2cn3cccnc3n2)cc1NC(=O)C1CCC1. The van der Waals surface area contributed by atoms with Gasteiger partial charge in [-0.25, -0.2) is 9.97 Å². The Balaban J connectivity index is 1.66. The summed E-state index contributed by atoms with van der Waals surface area (Å²) in [6, 6.07) is 7.91. The molecule has 3 aromatic rings. The molecule has 1 N–H and O–H groups in total. The van der Waals surface area contributed by atoms with E-state index in [0.717, 1.165) is 41.8 Å². The summed E-state index contributed by atoms with van der Waals surface area (Å²) in [6.07, 6.45) is 8.76. The van der Waals surface area contributed by atoms with E-state index < -0.39 is 0 Å². The number of fused-ring (bicyclic) bond motifs is 1. The van der Waals surface area contributed by atoms with Crippen molar-refractivity contribution in [3.8, 4) is 11.3 Å². The average molecular weight is 306 g/mol. The quantitative estimate of drug-likeness (QED) is 0.806. The van der Waals surface area contributed by atoms with Gasteiger partial charge in [0.25, 0.3) is 0 Å². The third-order valence-electron chi connectivity index (χ3n) is 4.50. The molecule has 2 heterocycles. The summed E-state index contributed by atoms with van der Waals surface area (Å²) < 4.78 is 1.89. The maximum atomic E-state index is 12.2. The van der Waals surface area contributed by atoms with Crippen LogP contribution in [0.3, 0.4) is 0 Å². The molecule has 2 aromatic heterocycles. The molecule has 5 nitrogen and oxygen atoms in total. The summed E-state index contributed by atoms with van der Waals surface area (Å²) in [5, 5.41) is 3.07. The number of amides is 1. The van der Waals surface area contributed by atoms with Gasteiger partial charge in [-0.2, -0.15) is 0 Å². The number of rotatable bonds is 3. The van der Waals surface area contributed by atoms with Gasteiger partial charge in [0.1, 0.15) is 0 Å². The van der Waals surface area contributed by atoms with Crippen molar-refractivity contribution in [2.45, 2.75) is 26.2 Å². The first-order chi connectivity index (χ1) is 11.2. The van der Waals surface area contributed by atoms with Crippen LogP contribution in [0.2, 0.25) is 0 Å². The molecule has 4 rings (SSSR count). The van der Waals surface area contributed by atoms with Crippen molar-refractivity contribution in [2.24, 2.45) is 5.92 Å². The third kappa shape index (κ3) is 2.59. The highest BCUT2D eigenvalue weighted by molar-refractivity contribution is 5.94. The molecule has 1 amide bonds. The van der Waals surface area contributed by atoms with Gasteiger partial charge in [0.05, 0.1) is 5.69 Å². The number of carbonyl (C=O) groups excluding carboxylic acids is 1. The Hall–Kier alpha value is -2.69. The summed E-state index contributed by atoms with van der Waals surface area (Å²) in [7, 11) is 0. The molecule has 0 atom stereocenters. The number of imidazole rings is 1. The maximum Gasteiger partial charge on any atom is 0.234 e. The molecule has 23 heavy (non-hydrogen) atoms. The molecule has 1 aliphatic rings. The fraction of sp³-hybridized carbons (Fsp3) is 0.278. The molecule has 0 aliphatic heterocycles. The molecule has 0 unspecified atom stereocenters. The Kier molecular flexibility index (Phi) is 3.33. The number of hydrogen-bond donors (Lipinski definition) is 1. The summed E-state index contributed by atoms with van der Waals surface area (Å²) in [5.74, 6) is 0.980. The predicted octanol–water partition coefficient (Wildman–Crippen LogP) is 3.44. The van der Waals surface area contributed by atoms with Crippen molar-refractivity contribution < 1.29 is 4.79 Å². The van der Waals surface area contributed by atoms with Gasteiger partial charge in [-0.05, 0) is 37.5 Å². The summed E-state index contributed by atoms with van der Waals surface area (Å²) in [5.41, 5.74) is 3.75. The molecule has 1 aromatic carbocycles. The molecule has 116 valence electrons. The van der Waals surface area contributed by atoms with Crippen LogP contribution >= 0.6 is 0 Å². The second-order valence-electron chi connectivity index (χ2n) is 6.10. The lowest BCUT2D eigenvalue weighted by Gasteiger charge is -2.24. The molecule has 5 heteroatoms. The molecule has 1 aliphatic carbocycles. The summed E-state index contributed by atoms with van der Waals surface area (Å²) in [6.45, 7) is 2.01. The molecule has 0 radical (unpaired) electrons. The number of nitrogens with zero attached hydrogens (tertiary/aromatic N) is 3. The smallest absolute Gasteiger partial charge is 0.234 e. The zero-order valence-electron chi connectivity index (χ0n) is 13.0.